The van der Waals surface area contributed by atoms with E-state index in [1.807, 2.05) is 24.3 Å². The normalized spacial score (nSPS) is 9.94. The first kappa shape index (κ1) is 14.3. The summed E-state index contributed by atoms with van der Waals surface area (Å²) < 4.78 is 5.14. The quantitative estimate of drug-likeness (QED) is 0.886. The predicted octanol–water partition coefficient (Wildman–Crippen LogP) is 3.98. The van der Waals surface area contributed by atoms with Gasteiger partial charge >= 0.3 is 0 Å². The first-order valence-electron chi connectivity index (χ1n) is 5.94. The SMILES string of the molecule is C.CCCc1nc(-c2ccc(OC)cc2)[nH]c1C. The number of ether oxygens (including phenoxy) is 1. The highest BCUT2D eigenvalue weighted by atomic mass is 16.5. The molecule has 0 bridgehead atoms. The van der Waals surface area contributed by atoms with Gasteiger partial charge in [-0.25, -0.2) is 4.98 Å². The van der Waals surface area contributed by atoms with E-state index in [0.29, 0.717) is 0 Å². The highest BCUT2D eigenvalue weighted by Crippen LogP contribution is 2.21. The molecule has 0 unspecified atom stereocenters. The van der Waals surface area contributed by atoms with E-state index in [1.54, 1.807) is 7.11 Å². The largest absolute Gasteiger partial charge is 0.497 e. The summed E-state index contributed by atoms with van der Waals surface area (Å²) in [6.45, 7) is 4.24. The molecule has 3 heteroatoms. The first-order chi connectivity index (χ1) is 8.24. The lowest BCUT2D eigenvalue weighted by Gasteiger charge is -2.00. The van der Waals surface area contributed by atoms with Crippen LogP contribution in [0.25, 0.3) is 11.4 Å². The fourth-order valence-corrected chi connectivity index (χ4v) is 1.86. The second-order valence-electron chi connectivity index (χ2n) is 4.14. The molecule has 18 heavy (non-hydrogen) atoms. The number of aromatic amines is 1. The van der Waals surface area contributed by atoms with Gasteiger partial charge in [0.25, 0.3) is 0 Å². The lowest BCUT2D eigenvalue weighted by Crippen LogP contribution is -1.86. The van der Waals surface area contributed by atoms with Gasteiger partial charge in [0.05, 0.1) is 12.8 Å². The summed E-state index contributed by atoms with van der Waals surface area (Å²) >= 11 is 0. The Morgan fingerprint density at radius 1 is 1.22 bits per heavy atom. The molecule has 0 radical (unpaired) electrons. The van der Waals surface area contributed by atoms with Crippen molar-refractivity contribution in [3.05, 3.63) is 35.7 Å². The van der Waals surface area contributed by atoms with Gasteiger partial charge in [-0.15, -0.1) is 0 Å². The van der Waals surface area contributed by atoms with Crippen LogP contribution in [0.3, 0.4) is 0 Å². The summed E-state index contributed by atoms with van der Waals surface area (Å²) in [6, 6.07) is 7.94. The Morgan fingerprint density at radius 3 is 2.44 bits per heavy atom. The summed E-state index contributed by atoms with van der Waals surface area (Å²) in [7, 11) is 1.67. The van der Waals surface area contributed by atoms with Crippen molar-refractivity contribution in [2.24, 2.45) is 0 Å². The molecular weight excluding hydrogens is 224 g/mol. The summed E-state index contributed by atoms with van der Waals surface area (Å²) in [5.74, 6) is 1.81. The molecular formula is C15H22N2O. The summed E-state index contributed by atoms with van der Waals surface area (Å²) in [5.41, 5.74) is 3.42. The van der Waals surface area contributed by atoms with Crippen molar-refractivity contribution in [1.29, 1.82) is 0 Å². The maximum Gasteiger partial charge on any atom is 0.137 e. The number of hydrogen-bond donors (Lipinski definition) is 1. The van der Waals surface area contributed by atoms with E-state index in [9.17, 15) is 0 Å². The van der Waals surface area contributed by atoms with E-state index in [-0.39, 0.29) is 7.43 Å². The van der Waals surface area contributed by atoms with E-state index >= 15 is 0 Å². The van der Waals surface area contributed by atoms with Gasteiger partial charge < -0.3 is 9.72 Å². The Labute approximate surface area is 109 Å². The Bertz CT molecular complexity index is 486. The molecule has 0 atom stereocenters. The zero-order valence-corrected chi connectivity index (χ0v) is 10.6. The summed E-state index contributed by atoms with van der Waals surface area (Å²) in [4.78, 5) is 7.96. The minimum absolute atomic E-state index is 0. The minimum atomic E-state index is 0. The molecule has 0 aliphatic rings. The number of nitrogens with zero attached hydrogens (tertiary/aromatic N) is 1. The van der Waals surface area contributed by atoms with Crippen molar-refractivity contribution in [2.45, 2.75) is 34.1 Å². The number of aryl methyl sites for hydroxylation is 2. The molecule has 1 aromatic carbocycles. The number of H-pyrrole nitrogens is 1. The number of benzene rings is 1. The highest BCUT2D eigenvalue weighted by Gasteiger charge is 2.07. The van der Waals surface area contributed by atoms with E-state index in [4.69, 9.17) is 4.74 Å². The molecule has 1 heterocycles. The van der Waals surface area contributed by atoms with Crippen LogP contribution in [0, 0.1) is 6.92 Å². The smallest absolute Gasteiger partial charge is 0.137 e. The minimum Gasteiger partial charge on any atom is -0.497 e. The third-order valence-corrected chi connectivity index (χ3v) is 2.84. The maximum atomic E-state index is 5.14. The average Bonchev–Trinajstić information content (AvgIpc) is 2.72. The Morgan fingerprint density at radius 2 is 1.89 bits per heavy atom. The highest BCUT2D eigenvalue weighted by molar-refractivity contribution is 5.57. The van der Waals surface area contributed by atoms with Crippen LogP contribution in [0.2, 0.25) is 0 Å². The second kappa shape index (κ2) is 6.24. The fourth-order valence-electron chi connectivity index (χ4n) is 1.86. The molecule has 0 saturated carbocycles. The van der Waals surface area contributed by atoms with Crippen molar-refractivity contribution in [3.8, 4) is 17.1 Å². The summed E-state index contributed by atoms with van der Waals surface area (Å²) in [6.07, 6.45) is 2.15. The number of imidazole rings is 1. The van der Waals surface area contributed by atoms with Crippen molar-refractivity contribution >= 4 is 0 Å². The Kier molecular flexibility index (Phi) is 4.95. The van der Waals surface area contributed by atoms with Gasteiger partial charge in [-0.3, -0.25) is 0 Å². The van der Waals surface area contributed by atoms with Crippen molar-refractivity contribution < 1.29 is 4.74 Å². The van der Waals surface area contributed by atoms with Crippen LogP contribution in [0.1, 0.15) is 32.2 Å². The molecule has 2 aromatic rings. The standard InChI is InChI=1S/C14H18N2O.CH4/c1-4-5-13-10(2)15-14(16-13)11-6-8-12(17-3)9-7-11;/h6-9H,4-5H2,1-3H3,(H,15,16);1H4. The van der Waals surface area contributed by atoms with Crippen LogP contribution in [-0.4, -0.2) is 17.1 Å². The van der Waals surface area contributed by atoms with Gasteiger partial charge in [-0.1, -0.05) is 20.8 Å². The molecule has 0 fully saturated rings. The van der Waals surface area contributed by atoms with Gasteiger partial charge in [0.1, 0.15) is 11.6 Å². The Balaban J connectivity index is 0.00000162. The fraction of sp³-hybridized carbons (Fsp3) is 0.400. The molecule has 98 valence electrons. The topological polar surface area (TPSA) is 37.9 Å². The van der Waals surface area contributed by atoms with E-state index in [1.165, 1.54) is 5.69 Å². The first-order valence-corrected chi connectivity index (χ1v) is 5.94. The van der Waals surface area contributed by atoms with Crippen LogP contribution >= 0.6 is 0 Å². The summed E-state index contributed by atoms with van der Waals surface area (Å²) in [5, 5.41) is 0. The molecule has 3 nitrogen and oxygen atoms in total. The van der Waals surface area contributed by atoms with Crippen molar-refractivity contribution in [1.82, 2.24) is 9.97 Å². The van der Waals surface area contributed by atoms with Gasteiger partial charge in [0.15, 0.2) is 0 Å². The Hall–Kier alpha value is -1.77. The molecule has 0 amide bonds. The van der Waals surface area contributed by atoms with Gasteiger partial charge in [0, 0.05) is 11.3 Å². The van der Waals surface area contributed by atoms with Gasteiger partial charge in [-0.2, -0.15) is 0 Å². The number of rotatable bonds is 4. The number of hydrogen-bond acceptors (Lipinski definition) is 2. The molecule has 0 aliphatic heterocycles. The number of aromatic nitrogens is 2. The molecule has 0 saturated heterocycles. The van der Waals surface area contributed by atoms with Crippen molar-refractivity contribution in [3.63, 3.8) is 0 Å². The molecule has 1 N–H and O–H groups in total. The predicted molar refractivity (Wildman–Crippen MR) is 76.0 cm³/mol. The number of methoxy groups -OCH3 is 1. The van der Waals surface area contributed by atoms with Crippen LogP contribution in [0.4, 0.5) is 0 Å². The molecule has 0 spiro atoms. The van der Waals surface area contributed by atoms with Gasteiger partial charge in [0.2, 0.25) is 0 Å². The molecule has 1 aromatic heterocycles. The zero-order chi connectivity index (χ0) is 12.3. The average molecular weight is 246 g/mol. The lowest BCUT2D eigenvalue weighted by molar-refractivity contribution is 0.415. The monoisotopic (exact) mass is 246 g/mol. The van der Waals surface area contributed by atoms with E-state index < -0.39 is 0 Å². The molecule has 0 aliphatic carbocycles. The zero-order valence-electron chi connectivity index (χ0n) is 10.6. The van der Waals surface area contributed by atoms with Gasteiger partial charge in [-0.05, 0) is 37.6 Å². The number of nitrogens with one attached hydrogen (secondary N) is 1. The third kappa shape index (κ3) is 2.92. The van der Waals surface area contributed by atoms with E-state index in [2.05, 4.69) is 23.8 Å². The van der Waals surface area contributed by atoms with Crippen LogP contribution in [0.5, 0.6) is 5.75 Å². The maximum absolute atomic E-state index is 5.14. The van der Waals surface area contributed by atoms with Crippen LogP contribution in [0.15, 0.2) is 24.3 Å². The third-order valence-electron chi connectivity index (χ3n) is 2.84. The lowest BCUT2D eigenvalue weighted by atomic mass is 10.2. The van der Waals surface area contributed by atoms with E-state index in [0.717, 1.165) is 35.7 Å². The molecule has 2 rings (SSSR count). The van der Waals surface area contributed by atoms with Crippen LogP contribution in [-0.2, 0) is 6.42 Å². The van der Waals surface area contributed by atoms with Crippen LogP contribution < -0.4 is 4.74 Å². The van der Waals surface area contributed by atoms with Crippen molar-refractivity contribution in [2.75, 3.05) is 7.11 Å². The second-order valence-corrected chi connectivity index (χ2v) is 4.14.